The minimum atomic E-state index is -0.233. The van der Waals surface area contributed by atoms with Crippen molar-refractivity contribution in [1.82, 2.24) is 9.97 Å². The minimum absolute atomic E-state index is 0.233. The smallest absolute Gasteiger partial charge is 0.290 e. The summed E-state index contributed by atoms with van der Waals surface area (Å²) < 4.78 is 4.89. The first-order chi connectivity index (χ1) is 6.31. The zero-order valence-electron chi connectivity index (χ0n) is 7.07. The molecule has 0 aliphatic carbocycles. The van der Waals surface area contributed by atoms with Crippen molar-refractivity contribution in [3.63, 3.8) is 0 Å². The van der Waals surface area contributed by atoms with E-state index in [0.717, 1.165) is 5.39 Å². The summed E-state index contributed by atoms with van der Waals surface area (Å²) >= 11 is 0. The molecule has 0 aromatic carbocycles. The minimum Gasteiger partial charge on any atom is -0.491 e. The molecule has 4 heteroatoms. The van der Waals surface area contributed by atoms with E-state index in [4.69, 9.17) is 4.74 Å². The zero-order valence-corrected chi connectivity index (χ0v) is 7.07. The number of pyridine rings is 2. The van der Waals surface area contributed by atoms with Crippen molar-refractivity contribution in [3.8, 4) is 5.75 Å². The van der Waals surface area contributed by atoms with Gasteiger partial charge in [0.1, 0.15) is 0 Å². The number of hydrogen-bond acceptors (Lipinski definition) is 3. The number of hydrogen-bond donors (Lipinski definition) is 1. The Morgan fingerprint density at radius 3 is 3.15 bits per heavy atom. The average Bonchev–Trinajstić information content (AvgIpc) is 2.17. The van der Waals surface area contributed by atoms with Crippen LogP contribution in [0.15, 0.2) is 29.3 Å². The highest BCUT2D eigenvalue weighted by Gasteiger charge is 2.00. The van der Waals surface area contributed by atoms with Gasteiger partial charge in [-0.2, -0.15) is 0 Å². The molecule has 66 valence electrons. The highest BCUT2D eigenvalue weighted by atomic mass is 16.5. The lowest BCUT2D eigenvalue weighted by molar-refractivity contribution is 0.409. The number of aromatic amines is 1. The van der Waals surface area contributed by atoms with Crippen LogP contribution in [0.3, 0.4) is 0 Å². The van der Waals surface area contributed by atoms with E-state index in [2.05, 4.69) is 9.97 Å². The number of aromatic nitrogens is 2. The van der Waals surface area contributed by atoms with Crippen LogP contribution in [0.1, 0.15) is 0 Å². The van der Waals surface area contributed by atoms with Gasteiger partial charge in [0.25, 0.3) is 5.56 Å². The highest BCUT2D eigenvalue weighted by Crippen LogP contribution is 2.11. The van der Waals surface area contributed by atoms with Crippen molar-refractivity contribution in [3.05, 3.63) is 34.9 Å². The Morgan fingerprint density at radius 1 is 1.54 bits per heavy atom. The molecule has 0 bridgehead atoms. The average molecular weight is 176 g/mol. The number of methoxy groups -OCH3 is 1. The number of H-pyrrole nitrogens is 1. The zero-order chi connectivity index (χ0) is 9.26. The van der Waals surface area contributed by atoms with Gasteiger partial charge in [-0.3, -0.25) is 9.78 Å². The third-order valence-electron chi connectivity index (χ3n) is 1.83. The molecule has 0 spiro atoms. The van der Waals surface area contributed by atoms with Gasteiger partial charge >= 0.3 is 0 Å². The second-order valence-corrected chi connectivity index (χ2v) is 2.63. The third kappa shape index (κ3) is 1.26. The predicted molar refractivity (Wildman–Crippen MR) is 48.9 cm³/mol. The maximum Gasteiger partial charge on any atom is 0.290 e. The molecule has 13 heavy (non-hydrogen) atoms. The Bertz CT molecular complexity index is 490. The predicted octanol–water partition coefficient (Wildman–Crippen LogP) is 0.932. The van der Waals surface area contributed by atoms with E-state index < -0.39 is 0 Å². The van der Waals surface area contributed by atoms with Crippen molar-refractivity contribution < 1.29 is 4.74 Å². The molecule has 0 atom stereocenters. The number of rotatable bonds is 1. The van der Waals surface area contributed by atoms with Crippen LogP contribution in [-0.4, -0.2) is 17.1 Å². The lowest BCUT2D eigenvalue weighted by Gasteiger charge is -2.00. The van der Waals surface area contributed by atoms with Crippen LogP contribution in [0, 0.1) is 0 Å². The van der Waals surface area contributed by atoms with Crippen LogP contribution in [-0.2, 0) is 0 Å². The monoisotopic (exact) mass is 176 g/mol. The number of fused-ring (bicyclic) bond motifs is 1. The van der Waals surface area contributed by atoms with E-state index in [1.165, 1.54) is 7.11 Å². The van der Waals surface area contributed by atoms with Gasteiger partial charge < -0.3 is 9.72 Å². The largest absolute Gasteiger partial charge is 0.491 e. The Kier molecular flexibility index (Phi) is 1.73. The lowest BCUT2D eigenvalue weighted by atomic mass is 10.2. The molecule has 4 nitrogen and oxygen atoms in total. The first-order valence-electron chi connectivity index (χ1n) is 3.82. The molecule has 0 amide bonds. The van der Waals surface area contributed by atoms with Crippen LogP contribution in [0.4, 0.5) is 0 Å². The third-order valence-corrected chi connectivity index (χ3v) is 1.83. The van der Waals surface area contributed by atoms with E-state index in [-0.39, 0.29) is 5.56 Å². The molecule has 2 heterocycles. The van der Waals surface area contributed by atoms with Crippen molar-refractivity contribution in [2.75, 3.05) is 7.11 Å². The fraction of sp³-hybridized carbons (Fsp3) is 0.111. The molecule has 0 saturated heterocycles. The molecular formula is C9H8N2O2. The quantitative estimate of drug-likeness (QED) is 0.703. The molecule has 1 N–H and O–H groups in total. The van der Waals surface area contributed by atoms with E-state index in [1.54, 1.807) is 18.5 Å². The second kappa shape index (κ2) is 2.90. The van der Waals surface area contributed by atoms with E-state index in [1.807, 2.05) is 6.07 Å². The maximum atomic E-state index is 11.3. The molecule has 0 radical (unpaired) electrons. The summed E-state index contributed by atoms with van der Waals surface area (Å²) in [6.07, 6.45) is 3.27. The molecular weight excluding hydrogens is 168 g/mol. The lowest BCUT2D eigenvalue weighted by Crippen LogP contribution is -2.08. The SMILES string of the molecule is COc1cc2ccncc2[nH]c1=O. The summed E-state index contributed by atoms with van der Waals surface area (Å²) in [6.45, 7) is 0. The number of ether oxygens (including phenoxy) is 1. The Labute approximate surface area is 74.2 Å². The topological polar surface area (TPSA) is 55.0 Å². The van der Waals surface area contributed by atoms with Gasteiger partial charge in [-0.15, -0.1) is 0 Å². The van der Waals surface area contributed by atoms with Gasteiger partial charge in [-0.05, 0) is 12.1 Å². The Balaban J connectivity index is 2.81. The van der Waals surface area contributed by atoms with Crippen molar-refractivity contribution in [2.24, 2.45) is 0 Å². The normalized spacial score (nSPS) is 10.2. The van der Waals surface area contributed by atoms with Crippen LogP contribution < -0.4 is 10.3 Å². The molecule has 0 unspecified atom stereocenters. The Hall–Kier alpha value is -1.84. The van der Waals surface area contributed by atoms with Gasteiger partial charge in [-0.25, -0.2) is 0 Å². The molecule has 2 aromatic heterocycles. The summed E-state index contributed by atoms with van der Waals surface area (Å²) in [5.41, 5.74) is 0.483. The summed E-state index contributed by atoms with van der Waals surface area (Å²) in [7, 11) is 1.47. The van der Waals surface area contributed by atoms with Crippen molar-refractivity contribution in [2.45, 2.75) is 0 Å². The number of nitrogens with one attached hydrogen (secondary N) is 1. The van der Waals surface area contributed by atoms with Crippen LogP contribution >= 0.6 is 0 Å². The van der Waals surface area contributed by atoms with Crippen LogP contribution in [0.5, 0.6) is 5.75 Å². The summed E-state index contributed by atoms with van der Waals surface area (Å²) in [5, 5.41) is 0.909. The second-order valence-electron chi connectivity index (χ2n) is 2.63. The molecule has 2 aromatic rings. The van der Waals surface area contributed by atoms with E-state index in [9.17, 15) is 4.79 Å². The first-order valence-corrected chi connectivity index (χ1v) is 3.82. The standard InChI is InChI=1S/C9H8N2O2/c1-13-8-4-6-2-3-10-5-7(6)11-9(8)12/h2-5H,1H3,(H,11,12). The van der Waals surface area contributed by atoms with E-state index in [0.29, 0.717) is 11.3 Å². The van der Waals surface area contributed by atoms with Gasteiger partial charge in [0.2, 0.25) is 0 Å². The van der Waals surface area contributed by atoms with Crippen LogP contribution in [0.2, 0.25) is 0 Å². The fourth-order valence-corrected chi connectivity index (χ4v) is 1.18. The van der Waals surface area contributed by atoms with Gasteiger partial charge in [0, 0.05) is 11.6 Å². The van der Waals surface area contributed by atoms with Crippen LogP contribution in [0.25, 0.3) is 10.9 Å². The summed E-state index contributed by atoms with van der Waals surface area (Å²) in [6, 6.07) is 3.50. The molecule has 2 rings (SSSR count). The van der Waals surface area contributed by atoms with Crippen molar-refractivity contribution in [1.29, 1.82) is 0 Å². The molecule has 0 fully saturated rings. The Morgan fingerprint density at radius 2 is 2.38 bits per heavy atom. The van der Waals surface area contributed by atoms with Gasteiger partial charge in [0.15, 0.2) is 5.75 Å². The summed E-state index contributed by atoms with van der Waals surface area (Å²) in [4.78, 5) is 17.8. The van der Waals surface area contributed by atoms with E-state index >= 15 is 0 Å². The maximum absolute atomic E-state index is 11.3. The molecule has 0 aliphatic rings. The van der Waals surface area contributed by atoms with Crippen molar-refractivity contribution >= 4 is 10.9 Å². The van der Waals surface area contributed by atoms with Gasteiger partial charge in [0.05, 0.1) is 18.8 Å². The first kappa shape index (κ1) is 7.79. The van der Waals surface area contributed by atoms with Gasteiger partial charge in [-0.1, -0.05) is 0 Å². The summed E-state index contributed by atoms with van der Waals surface area (Å²) in [5.74, 6) is 0.318. The highest BCUT2D eigenvalue weighted by molar-refractivity contribution is 5.78. The molecule has 0 saturated carbocycles. The number of nitrogens with zero attached hydrogens (tertiary/aromatic N) is 1. The molecule has 0 aliphatic heterocycles. The fourth-order valence-electron chi connectivity index (χ4n) is 1.18.